The summed E-state index contributed by atoms with van der Waals surface area (Å²) in [4.78, 5) is 11.8. The summed E-state index contributed by atoms with van der Waals surface area (Å²) in [6, 6.07) is 11.8. The summed E-state index contributed by atoms with van der Waals surface area (Å²) >= 11 is 0. The van der Waals surface area contributed by atoms with Crippen LogP contribution in [0.5, 0.6) is 11.6 Å². The zero-order valence-corrected chi connectivity index (χ0v) is 16.5. The van der Waals surface area contributed by atoms with E-state index in [1.165, 1.54) is 16.6 Å². The number of nitrogens with zero attached hydrogens (tertiary/aromatic N) is 4. The van der Waals surface area contributed by atoms with Gasteiger partial charge in [-0.2, -0.15) is 4.52 Å². The predicted molar refractivity (Wildman–Crippen MR) is 107 cm³/mol. The van der Waals surface area contributed by atoms with E-state index in [4.69, 9.17) is 9.47 Å². The van der Waals surface area contributed by atoms with Crippen LogP contribution >= 0.6 is 0 Å². The fourth-order valence-corrected chi connectivity index (χ4v) is 2.76. The molecule has 11 heteroatoms. The molecule has 0 fully saturated rings. The van der Waals surface area contributed by atoms with Crippen molar-refractivity contribution in [3.8, 4) is 23.0 Å². The van der Waals surface area contributed by atoms with Crippen LogP contribution in [0.15, 0.2) is 54.6 Å². The smallest absolute Gasteiger partial charge is 0.258 e. The van der Waals surface area contributed by atoms with E-state index in [0.29, 0.717) is 23.1 Å². The fraction of sp³-hybridized carbons (Fsp3) is 0.143. The van der Waals surface area contributed by atoms with Gasteiger partial charge in [0, 0.05) is 17.7 Å². The number of aromatic nitrogens is 4. The molecule has 8 nitrogen and oxygen atoms in total. The van der Waals surface area contributed by atoms with Crippen molar-refractivity contribution in [1.29, 1.82) is 0 Å². The highest BCUT2D eigenvalue weighted by Gasteiger charge is 2.11. The molecule has 4 aromatic rings. The van der Waals surface area contributed by atoms with Gasteiger partial charge in [0.05, 0.1) is 6.54 Å². The maximum absolute atomic E-state index is 13.5. The van der Waals surface area contributed by atoms with E-state index in [-0.39, 0.29) is 30.6 Å². The molecule has 0 atom stereocenters. The Morgan fingerprint density at radius 3 is 2.50 bits per heavy atom. The highest BCUT2D eigenvalue weighted by atomic mass is 19.1. The van der Waals surface area contributed by atoms with E-state index < -0.39 is 24.1 Å². The van der Waals surface area contributed by atoms with Gasteiger partial charge in [0.1, 0.15) is 18.2 Å². The van der Waals surface area contributed by atoms with Gasteiger partial charge < -0.3 is 14.8 Å². The third-order valence-corrected chi connectivity index (χ3v) is 4.27. The molecule has 164 valence electrons. The lowest BCUT2D eigenvalue weighted by Crippen LogP contribution is -2.32. The van der Waals surface area contributed by atoms with Crippen LogP contribution in [0.25, 0.3) is 17.0 Å². The summed E-state index contributed by atoms with van der Waals surface area (Å²) in [7, 11) is 0. The first-order valence-corrected chi connectivity index (χ1v) is 9.45. The number of amides is 1. The zero-order valence-electron chi connectivity index (χ0n) is 16.5. The highest BCUT2D eigenvalue weighted by molar-refractivity contribution is 5.77. The zero-order chi connectivity index (χ0) is 22.5. The lowest BCUT2D eigenvalue weighted by Gasteiger charge is -2.09. The molecule has 2 aromatic carbocycles. The Balaban J connectivity index is 1.29. The van der Waals surface area contributed by atoms with Crippen molar-refractivity contribution in [2.45, 2.75) is 0 Å². The number of carbonyl (C=O) groups is 1. The number of benzene rings is 2. The molecule has 2 heterocycles. The Hall–Kier alpha value is -4.15. The number of hydrogen-bond acceptors (Lipinski definition) is 6. The molecular formula is C21H16F3N5O3. The Labute approximate surface area is 179 Å². The predicted octanol–water partition coefficient (Wildman–Crippen LogP) is 2.78. The average Bonchev–Trinajstić information content (AvgIpc) is 3.20. The first-order chi connectivity index (χ1) is 15.5. The number of hydrogen-bond donors (Lipinski definition) is 1. The second-order valence-electron chi connectivity index (χ2n) is 6.53. The van der Waals surface area contributed by atoms with Crippen molar-refractivity contribution in [3.05, 3.63) is 72.0 Å². The maximum Gasteiger partial charge on any atom is 0.258 e. The number of ether oxygens (including phenoxy) is 2. The van der Waals surface area contributed by atoms with E-state index in [1.807, 2.05) is 0 Å². The van der Waals surface area contributed by atoms with Crippen LogP contribution in [0.2, 0.25) is 0 Å². The van der Waals surface area contributed by atoms with Crippen LogP contribution in [0.1, 0.15) is 0 Å². The molecule has 32 heavy (non-hydrogen) atoms. The van der Waals surface area contributed by atoms with Crippen molar-refractivity contribution in [2.24, 2.45) is 0 Å². The summed E-state index contributed by atoms with van der Waals surface area (Å²) in [5.41, 5.74) is 1.11. The summed E-state index contributed by atoms with van der Waals surface area (Å²) in [5, 5.41) is 14.9. The third-order valence-electron chi connectivity index (χ3n) is 4.27. The van der Waals surface area contributed by atoms with Crippen molar-refractivity contribution < 1.29 is 27.4 Å². The maximum atomic E-state index is 13.5. The SMILES string of the molecule is O=C(COc1ccc(F)cc1F)NCCOc1ccc2nnc(-c3ccc(F)cc3)n2n1. The molecule has 4 rings (SSSR count). The molecule has 0 aliphatic carbocycles. The summed E-state index contributed by atoms with van der Waals surface area (Å²) < 4.78 is 51.5. The number of halogens is 3. The van der Waals surface area contributed by atoms with Crippen molar-refractivity contribution in [1.82, 2.24) is 25.1 Å². The molecule has 0 saturated heterocycles. The van der Waals surface area contributed by atoms with Crippen molar-refractivity contribution in [3.63, 3.8) is 0 Å². The van der Waals surface area contributed by atoms with E-state index in [0.717, 1.165) is 12.1 Å². The van der Waals surface area contributed by atoms with Crippen LogP contribution in [-0.4, -0.2) is 45.5 Å². The first kappa shape index (κ1) is 21.1. The van der Waals surface area contributed by atoms with Crippen LogP contribution in [0, 0.1) is 17.5 Å². The van der Waals surface area contributed by atoms with Gasteiger partial charge >= 0.3 is 0 Å². The standard InChI is InChI=1S/C21H16F3N5O3/c22-14-3-1-13(2-4-14)21-27-26-18-7-8-20(28-29(18)21)31-10-9-25-19(30)12-32-17-6-5-15(23)11-16(17)24/h1-8,11H,9-10,12H2,(H,25,30). The molecule has 1 amide bonds. The van der Waals surface area contributed by atoms with Gasteiger partial charge in [-0.05, 0) is 42.5 Å². The van der Waals surface area contributed by atoms with E-state index in [2.05, 4.69) is 20.6 Å². The second-order valence-corrected chi connectivity index (χ2v) is 6.53. The summed E-state index contributed by atoms with van der Waals surface area (Å²) in [5.74, 6) is -2.03. The fourth-order valence-electron chi connectivity index (χ4n) is 2.76. The lowest BCUT2D eigenvalue weighted by molar-refractivity contribution is -0.123. The van der Waals surface area contributed by atoms with Crippen molar-refractivity contribution >= 4 is 11.6 Å². The van der Waals surface area contributed by atoms with E-state index in [9.17, 15) is 18.0 Å². The molecule has 1 N–H and O–H groups in total. The van der Waals surface area contributed by atoms with Gasteiger partial charge in [0.15, 0.2) is 29.6 Å². The molecule has 0 aliphatic rings. The summed E-state index contributed by atoms with van der Waals surface area (Å²) in [6.07, 6.45) is 0. The molecule has 0 radical (unpaired) electrons. The number of fused-ring (bicyclic) bond motifs is 1. The Bertz CT molecular complexity index is 1250. The monoisotopic (exact) mass is 443 g/mol. The summed E-state index contributed by atoms with van der Waals surface area (Å²) in [6.45, 7) is -0.196. The van der Waals surface area contributed by atoms with Gasteiger partial charge in [-0.3, -0.25) is 4.79 Å². The third kappa shape index (κ3) is 4.94. The molecule has 0 spiro atoms. The minimum absolute atomic E-state index is 0.100. The normalized spacial score (nSPS) is 10.8. The van der Waals surface area contributed by atoms with E-state index >= 15 is 0 Å². The number of nitrogens with one attached hydrogen (secondary N) is 1. The molecule has 0 unspecified atom stereocenters. The Morgan fingerprint density at radius 2 is 1.72 bits per heavy atom. The van der Waals surface area contributed by atoms with Gasteiger partial charge in [-0.25, -0.2) is 13.2 Å². The average molecular weight is 443 g/mol. The lowest BCUT2D eigenvalue weighted by atomic mass is 10.2. The topological polar surface area (TPSA) is 90.6 Å². The van der Waals surface area contributed by atoms with Gasteiger partial charge in [0.25, 0.3) is 5.91 Å². The quantitative estimate of drug-likeness (QED) is 0.421. The minimum Gasteiger partial charge on any atom is -0.481 e. The second kappa shape index (κ2) is 9.33. The Kier molecular flexibility index (Phi) is 6.15. The molecule has 2 aromatic heterocycles. The first-order valence-electron chi connectivity index (χ1n) is 9.45. The highest BCUT2D eigenvalue weighted by Crippen LogP contribution is 2.19. The van der Waals surface area contributed by atoms with Crippen molar-refractivity contribution in [2.75, 3.05) is 19.8 Å². The Morgan fingerprint density at radius 1 is 0.938 bits per heavy atom. The van der Waals surface area contributed by atoms with Crippen LogP contribution < -0.4 is 14.8 Å². The largest absolute Gasteiger partial charge is 0.481 e. The van der Waals surface area contributed by atoms with Gasteiger partial charge in [-0.1, -0.05) is 0 Å². The number of rotatable bonds is 8. The molecule has 0 aliphatic heterocycles. The van der Waals surface area contributed by atoms with E-state index in [1.54, 1.807) is 24.3 Å². The van der Waals surface area contributed by atoms with Gasteiger partial charge in [-0.15, -0.1) is 15.3 Å². The molecule has 0 saturated carbocycles. The molecular weight excluding hydrogens is 427 g/mol. The number of carbonyl (C=O) groups excluding carboxylic acids is 1. The molecule has 0 bridgehead atoms. The van der Waals surface area contributed by atoms with Crippen LogP contribution in [0.3, 0.4) is 0 Å². The van der Waals surface area contributed by atoms with Gasteiger partial charge in [0.2, 0.25) is 5.88 Å². The van der Waals surface area contributed by atoms with Crippen LogP contribution in [-0.2, 0) is 4.79 Å². The minimum atomic E-state index is -0.892. The van der Waals surface area contributed by atoms with Crippen LogP contribution in [0.4, 0.5) is 13.2 Å².